The number of para-hydroxylation sites is 1. The first-order chi connectivity index (χ1) is 8.77. The Kier molecular flexibility index (Phi) is 2.78. The molecular weight excluding hydrogens is 228 g/mol. The van der Waals surface area contributed by atoms with Crippen LogP contribution in [0, 0.1) is 0 Å². The van der Waals surface area contributed by atoms with Gasteiger partial charge in [-0.05, 0) is 11.6 Å². The number of hydrogen-bond donors (Lipinski definition) is 2. The van der Waals surface area contributed by atoms with Crippen LogP contribution in [0.1, 0.15) is 23.3 Å². The van der Waals surface area contributed by atoms with Crippen molar-refractivity contribution in [1.82, 2.24) is 0 Å². The number of aliphatic hydroxyl groups is 2. The Morgan fingerprint density at radius 2 is 1.50 bits per heavy atom. The molecule has 1 heterocycles. The van der Waals surface area contributed by atoms with Crippen molar-refractivity contribution < 1.29 is 14.9 Å². The van der Waals surface area contributed by atoms with Crippen LogP contribution in [0.15, 0.2) is 54.6 Å². The third kappa shape index (κ3) is 1.78. The lowest BCUT2D eigenvalue weighted by atomic mass is 9.92. The summed E-state index contributed by atoms with van der Waals surface area (Å²) in [6, 6.07) is 16.7. The smallest absolute Gasteiger partial charge is 0.152 e. The van der Waals surface area contributed by atoms with E-state index in [0.717, 1.165) is 5.56 Å². The number of rotatable bonds is 1. The molecule has 0 unspecified atom stereocenters. The van der Waals surface area contributed by atoms with Crippen LogP contribution >= 0.6 is 0 Å². The van der Waals surface area contributed by atoms with Crippen LogP contribution in [0.4, 0.5) is 0 Å². The second-order valence-electron chi connectivity index (χ2n) is 4.42. The summed E-state index contributed by atoms with van der Waals surface area (Å²) >= 11 is 0. The second kappa shape index (κ2) is 4.44. The highest BCUT2D eigenvalue weighted by Gasteiger charge is 2.36. The van der Waals surface area contributed by atoms with Gasteiger partial charge in [0.2, 0.25) is 0 Å². The van der Waals surface area contributed by atoms with Crippen LogP contribution in [-0.4, -0.2) is 16.3 Å². The van der Waals surface area contributed by atoms with E-state index in [1.165, 1.54) is 0 Å². The molecule has 2 N–H and O–H groups in total. The molecule has 1 aliphatic heterocycles. The first-order valence-corrected chi connectivity index (χ1v) is 5.94. The van der Waals surface area contributed by atoms with Crippen molar-refractivity contribution in [1.29, 1.82) is 0 Å². The van der Waals surface area contributed by atoms with Gasteiger partial charge in [0.15, 0.2) is 6.10 Å². The molecular formula is C15H14O3. The monoisotopic (exact) mass is 242 g/mol. The van der Waals surface area contributed by atoms with Gasteiger partial charge in [-0.15, -0.1) is 0 Å². The third-order valence-electron chi connectivity index (χ3n) is 3.25. The molecule has 18 heavy (non-hydrogen) atoms. The maximum absolute atomic E-state index is 10.2. The topological polar surface area (TPSA) is 49.7 Å². The summed E-state index contributed by atoms with van der Waals surface area (Å²) in [6.45, 7) is 0. The number of hydrogen-bond acceptors (Lipinski definition) is 3. The number of benzene rings is 2. The van der Waals surface area contributed by atoms with Crippen molar-refractivity contribution in [2.45, 2.75) is 18.3 Å². The first-order valence-electron chi connectivity index (χ1n) is 5.94. The summed E-state index contributed by atoms with van der Waals surface area (Å²) in [7, 11) is 0. The molecule has 2 aromatic rings. The Morgan fingerprint density at radius 3 is 2.28 bits per heavy atom. The van der Waals surface area contributed by atoms with Gasteiger partial charge in [0, 0.05) is 5.56 Å². The summed E-state index contributed by atoms with van der Waals surface area (Å²) in [5.74, 6) is 0.629. The molecule has 1 aliphatic rings. The van der Waals surface area contributed by atoms with Crippen LogP contribution in [-0.2, 0) is 0 Å². The van der Waals surface area contributed by atoms with Gasteiger partial charge in [0.1, 0.15) is 18.0 Å². The summed E-state index contributed by atoms with van der Waals surface area (Å²) in [4.78, 5) is 0. The van der Waals surface area contributed by atoms with Gasteiger partial charge in [-0.1, -0.05) is 48.5 Å². The van der Waals surface area contributed by atoms with Crippen molar-refractivity contribution >= 4 is 0 Å². The van der Waals surface area contributed by atoms with Crippen molar-refractivity contribution in [3.05, 3.63) is 65.7 Å². The molecule has 0 bridgehead atoms. The fraction of sp³-hybridized carbons (Fsp3) is 0.200. The van der Waals surface area contributed by atoms with Crippen LogP contribution in [0.5, 0.6) is 5.75 Å². The standard InChI is InChI=1S/C15H14O3/c16-13-11-8-4-5-9-12(11)18-15(14(13)17)10-6-2-1-3-7-10/h1-9,13-17H/t13-,14-,15-/m1/s1. The molecule has 3 rings (SSSR count). The molecule has 2 aromatic carbocycles. The van der Waals surface area contributed by atoms with Gasteiger partial charge in [0.25, 0.3) is 0 Å². The lowest BCUT2D eigenvalue weighted by Gasteiger charge is -2.34. The van der Waals surface area contributed by atoms with Crippen LogP contribution < -0.4 is 4.74 Å². The van der Waals surface area contributed by atoms with Gasteiger partial charge < -0.3 is 14.9 Å². The normalized spacial score (nSPS) is 26.2. The van der Waals surface area contributed by atoms with Gasteiger partial charge in [-0.25, -0.2) is 0 Å². The zero-order valence-corrected chi connectivity index (χ0v) is 9.73. The average molecular weight is 242 g/mol. The molecule has 0 saturated carbocycles. The summed E-state index contributed by atoms with van der Waals surface area (Å²) in [5, 5.41) is 20.3. The van der Waals surface area contributed by atoms with Gasteiger partial charge >= 0.3 is 0 Å². The summed E-state index contributed by atoms with van der Waals surface area (Å²) in [5.41, 5.74) is 1.50. The van der Waals surface area contributed by atoms with Gasteiger partial charge in [-0.2, -0.15) is 0 Å². The lowest BCUT2D eigenvalue weighted by molar-refractivity contribution is -0.0699. The predicted octanol–water partition coefficient (Wildman–Crippen LogP) is 2.21. The van der Waals surface area contributed by atoms with Crippen LogP contribution in [0.2, 0.25) is 0 Å². The molecule has 0 spiro atoms. The molecule has 92 valence electrons. The molecule has 3 nitrogen and oxygen atoms in total. The maximum Gasteiger partial charge on any atom is 0.152 e. The largest absolute Gasteiger partial charge is 0.482 e. The minimum absolute atomic E-state index is 0.531. The number of fused-ring (bicyclic) bond motifs is 1. The zero-order valence-electron chi connectivity index (χ0n) is 9.73. The molecule has 0 amide bonds. The fourth-order valence-corrected chi connectivity index (χ4v) is 2.30. The first kappa shape index (κ1) is 11.3. The van der Waals surface area contributed by atoms with E-state index in [-0.39, 0.29) is 0 Å². The van der Waals surface area contributed by atoms with Crippen molar-refractivity contribution in [2.75, 3.05) is 0 Å². The molecule has 0 aliphatic carbocycles. The minimum Gasteiger partial charge on any atom is -0.482 e. The van der Waals surface area contributed by atoms with Crippen molar-refractivity contribution in [2.24, 2.45) is 0 Å². The van der Waals surface area contributed by atoms with Crippen LogP contribution in [0.3, 0.4) is 0 Å². The highest BCUT2D eigenvalue weighted by Crippen LogP contribution is 2.40. The van der Waals surface area contributed by atoms with Gasteiger partial charge in [0.05, 0.1) is 0 Å². The van der Waals surface area contributed by atoms with E-state index < -0.39 is 18.3 Å². The maximum atomic E-state index is 10.2. The molecule has 3 heteroatoms. The van der Waals surface area contributed by atoms with E-state index in [1.54, 1.807) is 12.1 Å². The van der Waals surface area contributed by atoms with Crippen molar-refractivity contribution in [3.63, 3.8) is 0 Å². The average Bonchev–Trinajstić information content (AvgIpc) is 2.44. The zero-order chi connectivity index (χ0) is 12.5. The SMILES string of the molecule is O[C@@H]1[C@H](O)c2ccccc2O[C@@H]1c1ccccc1. The summed E-state index contributed by atoms with van der Waals surface area (Å²) < 4.78 is 5.79. The Hall–Kier alpha value is -1.84. The van der Waals surface area contributed by atoms with Crippen molar-refractivity contribution in [3.8, 4) is 5.75 Å². The molecule has 3 atom stereocenters. The highest BCUT2D eigenvalue weighted by molar-refractivity contribution is 5.39. The molecule has 0 radical (unpaired) electrons. The summed E-state index contributed by atoms with van der Waals surface area (Å²) in [6.07, 6.45) is -2.40. The van der Waals surface area contributed by atoms with E-state index >= 15 is 0 Å². The predicted molar refractivity (Wildman–Crippen MR) is 67.2 cm³/mol. The van der Waals surface area contributed by atoms with E-state index in [1.807, 2.05) is 42.5 Å². The number of ether oxygens (including phenoxy) is 1. The van der Waals surface area contributed by atoms with E-state index in [2.05, 4.69) is 0 Å². The second-order valence-corrected chi connectivity index (χ2v) is 4.42. The van der Waals surface area contributed by atoms with Crippen LogP contribution in [0.25, 0.3) is 0 Å². The molecule has 0 saturated heterocycles. The Bertz CT molecular complexity index is 538. The lowest BCUT2D eigenvalue weighted by Crippen LogP contribution is -2.34. The Labute approximate surface area is 105 Å². The van der Waals surface area contributed by atoms with Gasteiger partial charge in [-0.3, -0.25) is 0 Å². The fourth-order valence-electron chi connectivity index (χ4n) is 2.30. The minimum atomic E-state index is -0.956. The highest BCUT2D eigenvalue weighted by atomic mass is 16.5. The molecule has 0 aromatic heterocycles. The third-order valence-corrected chi connectivity index (χ3v) is 3.25. The number of aliphatic hydroxyl groups excluding tert-OH is 2. The Morgan fingerprint density at radius 1 is 0.833 bits per heavy atom. The quantitative estimate of drug-likeness (QED) is 0.806. The van der Waals surface area contributed by atoms with E-state index in [9.17, 15) is 10.2 Å². The van der Waals surface area contributed by atoms with E-state index in [4.69, 9.17) is 4.74 Å². The Balaban J connectivity index is 2.01. The molecule has 0 fully saturated rings. The van der Waals surface area contributed by atoms with E-state index in [0.29, 0.717) is 11.3 Å².